The Labute approximate surface area is 166 Å². The van der Waals surface area contributed by atoms with Crippen molar-refractivity contribution < 1.29 is 9.18 Å². The van der Waals surface area contributed by atoms with Gasteiger partial charge in [-0.15, -0.1) is 0 Å². The van der Waals surface area contributed by atoms with Gasteiger partial charge < -0.3 is 9.80 Å². The van der Waals surface area contributed by atoms with Crippen molar-refractivity contribution in [2.45, 2.75) is 25.3 Å². The Kier molecular flexibility index (Phi) is 5.91. The number of rotatable bonds is 5. The third-order valence-corrected chi connectivity index (χ3v) is 5.99. The summed E-state index contributed by atoms with van der Waals surface area (Å²) in [5.41, 5.74) is 2.39. The van der Waals surface area contributed by atoms with Gasteiger partial charge >= 0.3 is 0 Å². The zero-order valence-corrected chi connectivity index (χ0v) is 16.3. The second-order valence-corrected chi connectivity index (χ2v) is 7.70. The molecule has 1 amide bonds. The van der Waals surface area contributed by atoms with E-state index in [2.05, 4.69) is 40.1 Å². The van der Waals surface area contributed by atoms with Crippen LogP contribution in [-0.4, -0.2) is 55.0 Å². The highest BCUT2D eigenvalue weighted by Gasteiger charge is 2.27. The number of amides is 1. The second-order valence-electron chi connectivity index (χ2n) is 7.70. The Bertz CT molecular complexity index is 772. The van der Waals surface area contributed by atoms with E-state index in [-0.39, 0.29) is 11.7 Å². The van der Waals surface area contributed by atoms with Gasteiger partial charge in [-0.1, -0.05) is 30.3 Å². The van der Waals surface area contributed by atoms with Crippen molar-refractivity contribution in [2.24, 2.45) is 0 Å². The minimum Gasteiger partial charge on any atom is -0.368 e. The van der Waals surface area contributed by atoms with Gasteiger partial charge in [0.2, 0.25) is 5.91 Å². The molecule has 0 saturated carbocycles. The molecule has 2 aromatic rings. The van der Waals surface area contributed by atoms with E-state index in [0.717, 1.165) is 45.0 Å². The summed E-state index contributed by atoms with van der Waals surface area (Å²) in [6.07, 6.45) is 2.96. The van der Waals surface area contributed by atoms with Crippen LogP contribution in [0.3, 0.4) is 0 Å². The SMILES string of the molecule is O=C(CCN1CCC[C@H]1c1ccccc1)N1CCN(c2ccc(F)cc2)CC1. The maximum Gasteiger partial charge on any atom is 0.223 e. The van der Waals surface area contributed by atoms with Gasteiger partial charge in [0.1, 0.15) is 5.82 Å². The molecule has 2 aliphatic rings. The molecule has 0 radical (unpaired) electrons. The smallest absolute Gasteiger partial charge is 0.223 e. The number of carbonyl (C=O) groups excluding carboxylic acids is 1. The third kappa shape index (κ3) is 4.36. The molecule has 148 valence electrons. The van der Waals surface area contributed by atoms with Crippen LogP contribution in [0.5, 0.6) is 0 Å². The first-order valence-electron chi connectivity index (χ1n) is 10.3. The third-order valence-electron chi connectivity index (χ3n) is 5.99. The van der Waals surface area contributed by atoms with Gasteiger partial charge in [-0.3, -0.25) is 9.69 Å². The summed E-state index contributed by atoms with van der Waals surface area (Å²) in [5, 5.41) is 0. The number of likely N-dealkylation sites (tertiary alicyclic amines) is 1. The number of halogens is 1. The van der Waals surface area contributed by atoms with Crippen molar-refractivity contribution in [1.29, 1.82) is 0 Å². The molecule has 28 heavy (non-hydrogen) atoms. The molecule has 0 N–H and O–H groups in total. The average Bonchev–Trinajstić information content (AvgIpc) is 3.22. The molecule has 0 aromatic heterocycles. The molecule has 5 heteroatoms. The average molecular weight is 381 g/mol. The topological polar surface area (TPSA) is 26.8 Å². The Balaban J connectivity index is 1.26. The van der Waals surface area contributed by atoms with Gasteiger partial charge in [-0.05, 0) is 49.2 Å². The van der Waals surface area contributed by atoms with Crippen molar-refractivity contribution in [3.63, 3.8) is 0 Å². The van der Waals surface area contributed by atoms with E-state index in [9.17, 15) is 9.18 Å². The van der Waals surface area contributed by atoms with E-state index in [1.54, 1.807) is 0 Å². The quantitative estimate of drug-likeness (QED) is 0.790. The van der Waals surface area contributed by atoms with E-state index in [1.165, 1.54) is 30.5 Å². The van der Waals surface area contributed by atoms with Crippen LogP contribution >= 0.6 is 0 Å². The molecule has 0 unspecified atom stereocenters. The van der Waals surface area contributed by atoms with Crippen LogP contribution in [0.25, 0.3) is 0 Å². The molecule has 2 aliphatic heterocycles. The summed E-state index contributed by atoms with van der Waals surface area (Å²) in [6, 6.07) is 17.7. The van der Waals surface area contributed by atoms with E-state index in [1.807, 2.05) is 17.0 Å². The number of anilines is 1. The molecule has 2 saturated heterocycles. The number of hydrogen-bond acceptors (Lipinski definition) is 3. The summed E-state index contributed by atoms with van der Waals surface area (Å²) in [5.74, 6) is 0.0331. The van der Waals surface area contributed by atoms with Gasteiger partial charge in [0.25, 0.3) is 0 Å². The number of piperazine rings is 1. The molecule has 2 heterocycles. The first-order valence-corrected chi connectivity index (χ1v) is 10.3. The fourth-order valence-electron chi connectivity index (χ4n) is 4.41. The van der Waals surface area contributed by atoms with Crippen LogP contribution in [0.15, 0.2) is 54.6 Å². The van der Waals surface area contributed by atoms with Crippen molar-refractivity contribution in [3.8, 4) is 0 Å². The van der Waals surface area contributed by atoms with Crippen molar-refractivity contribution >= 4 is 11.6 Å². The lowest BCUT2D eigenvalue weighted by molar-refractivity contribution is -0.131. The Morgan fingerprint density at radius 3 is 2.36 bits per heavy atom. The van der Waals surface area contributed by atoms with Crippen molar-refractivity contribution in [1.82, 2.24) is 9.80 Å². The highest BCUT2D eigenvalue weighted by molar-refractivity contribution is 5.76. The molecular weight excluding hydrogens is 353 g/mol. The summed E-state index contributed by atoms with van der Waals surface area (Å²) < 4.78 is 13.1. The van der Waals surface area contributed by atoms with Gasteiger partial charge in [0.15, 0.2) is 0 Å². The zero-order chi connectivity index (χ0) is 19.3. The van der Waals surface area contributed by atoms with Crippen LogP contribution in [0.2, 0.25) is 0 Å². The second kappa shape index (κ2) is 8.74. The van der Waals surface area contributed by atoms with Crippen molar-refractivity contribution in [3.05, 3.63) is 66.0 Å². The molecule has 4 nitrogen and oxygen atoms in total. The summed E-state index contributed by atoms with van der Waals surface area (Å²) in [4.78, 5) is 19.4. The summed E-state index contributed by atoms with van der Waals surface area (Å²) >= 11 is 0. The maximum absolute atomic E-state index is 13.1. The Hall–Kier alpha value is -2.40. The van der Waals surface area contributed by atoms with E-state index in [0.29, 0.717) is 12.5 Å². The molecule has 0 aliphatic carbocycles. The lowest BCUT2D eigenvalue weighted by atomic mass is 10.0. The monoisotopic (exact) mass is 381 g/mol. The van der Waals surface area contributed by atoms with Gasteiger partial charge in [0.05, 0.1) is 0 Å². The first kappa shape index (κ1) is 18.9. The molecule has 4 rings (SSSR count). The fraction of sp³-hybridized carbons (Fsp3) is 0.435. The van der Waals surface area contributed by atoms with Crippen molar-refractivity contribution in [2.75, 3.05) is 44.2 Å². The van der Waals surface area contributed by atoms with Gasteiger partial charge in [-0.2, -0.15) is 0 Å². The summed E-state index contributed by atoms with van der Waals surface area (Å²) in [6.45, 7) is 4.97. The maximum atomic E-state index is 13.1. The predicted molar refractivity (Wildman–Crippen MR) is 110 cm³/mol. The zero-order valence-electron chi connectivity index (χ0n) is 16.3. The van der Waals surface area contributed by atoms with Gasteiger partial charge in [-0.25, -0.2) is 4.39 Å². The molecule has 1 atom stereocenters. The lowest BCUT2D eigenvalue weighted by Gasteiger charge is -2.36. The summed E-state index contributed by atoms with van der Waals surface area (Å²) in [7, 11) is 0. The largest absolute Gasteiger partial charge is 0.368 e. The van der Waals surface area contributed by atoms with E-state index in [4.69, 9.17) is 0 Å². The molecule has 0 spiro atoms. The molecule has 0 bridgehead atoms. The normalized spacial score (nSPS) is 20.5. The van der Waals surface area contributed by atoms with Crippen LogP contribution in [0, 0.1) is 5.82 Å². The highest BCUT2D eigenvalue weighted by atomic mass is 19.1. The van der Waals surface area contributed by atoms with Crippen LogP contribution < -0.4 is 4.90 Å². The standard InChI is InChI=1S/C23H28FN3O/c24-20-8-10-21(11-9-20)25-15-17-27(18-16-25)23(28)12-14-26-13-4-7-22(26)19-5-2-1-3-6-19/h1-3,5-6,8-11,22H,4,7,12-18H2/t22-/m0/s1. The highest BCUT2D eigenvalue weighted by Crippen LogP contribution is 2.31. The molecular formula is C23H28FN3O. The molecule has 2 aromatic carbocycles. The number of hydrogen-bond donors (Lipinski definition) is 0. The number of carbonyl (C=O) groups is 1. The fourth-order valence-corrected chi connectivity index (χ4v) is 4.41. The number of nitrogens with zero attached hydrogens (tertiary/aromatic N) is 3. The minimum atomic E-state index is -0.215. The van der Waals surface area contributed by atoms with Crippen LogP contribution in [-0.2, 0) is 4.79 Å². The predicted octanol–water partition coefficient (Wildman–Crippen LogP) is 3.70. The van der Waals surface area contributed by atoms with E-state index >= 15 is 0 Å². The Morgan fingerprint density at radius 1 is 0.929 bits per heavy atom. The minimum absolute atomic E-state index is 0.215. The van der Waals surface area contributed by atoms with E-state index < -0.39 is 0 Å². The van der Waals surface area contributed by atoms with Gasteiger partial charge in [0, 0.05) is 50.9 Å². The Morgan fingerprint density at radius 2 is 1.64 bits per heavy atom. The van der Waals surface area contributed by atoms with Crippen LogP contribution in [0.4, 0.5) is 10.1 Å². The molecule has 2 fully saturated rings. The lowest BCUT2D eigenvalue weighted by Crippen LogP contribution is -2.49. The number of benzene rings is 2. The first-order chi connectivity index (χ1) is 13.7. The van der Waals surface area contributed by atoms with Crippen LogP contribution in [0.1, 0.15) is 30.9 Å².